The van der Waals surface area contributed by atoms with Crippen LogP contribution in [0.1, 0.15) is 12.8 Å². The molecule has 0 amide bonds. The molecule has 0 saturated heterocycles. The van der Waals surface area contributed by atoms with E-state index in [-0.39, 0.29) is 0 Å². The fraction of sp³-hybridized carbons (Fsp3) is 0.857. The van der Waals surface area contributed by atoms with E-state index in [4.69, 9.17) is 0 Å². The van der Waals surface area contributed by atoms with Gasteiger partial charge in [-0.1, -0.05) is 6.92 Å². The first kappa shape index (κ1) is 15.4. The van der Waals surface area contributed by atoms with Gasteiger partial charge in [-0.3, -0.25) is 0 Å². The van der Waals surface area contributed by atoms with Gasteiger partial charge in [0.1, 0.15) is 0 Å². The minimum Gasteiger partial charge on any atom is -0.227 e. The largest absolute Gasteiger partial charge is 0.457 e. The molecule has 1 unspecified atom stereocenters. The van der Waals surface area contributed by atoms with Crippen LogP contribution in [0.4, 0.5) is 39.5 Å². The highest BCUT2D eigenvalue weighted by molar-refractivity contribution is 5.03. The number of alkyl halides is 9. The molecule has 0 bridgehead atoms. The second-order valence-electron chi connectivity index (χ2n) is 2.97. The maximum atomic E-state index is 12.9. The highest BCUT2D eigenvalue weighted by atomic mass is 19.4. The minimum atomic E-state index is -6.62. The van der Waals surface area contributed by atoms with Gasteiger partial charge in [0.15, 0.2) is 0 Å². The van der Waals surface area contributed by atoms with E-state index in [2.05, 4.69) is 6.92 Å². The van der Waals surface area contributed by atoms with E-state index in [0.717, 1.165) is 0 Å². The van der Waals surface area contributed by atoms with Crippen LogP contribution in [-0.2, 0) is 0 Å². The quantitative estimate of drug-likeness (QED) is 0.672. The van der Waals surface area contributed by atoms with Crippen molar-refractivity contribution >= 4 is 0 Å². The van der Waals surface area contributed by atoms with Gasteiger partial charge in [-0.2, -0.15) is 35.1 Å². The lowest BCUT2D eigenvalue weighted by Gasteiger charge is -2.35. The fourth-order valence-corrected chi connectivity index (χ4v) is 0.945. The lowest BCUT2D eigenvalue weighted by Crippen LogP contribution is -2.61. The zero-order valence-electron chi connectivity index (χ0n) is 7.52. The van der Waals surface area contributed by atoms with Crippen molar-refractivity contribution in [3.05, 3.63) is 6.92 Å². The van der Waals surface area contributed by atoms with E-state index < -0.39 is 36.8 Å². The monoisotopic (exact) mass is 261 g/mol. The molecule has 0 aliphatic rings. The van der Waals surface area contributed by atoms with E-state index in [1.54, 1.807) is 0 Å². The molecule has 97 valence electrons. The van der Waals surface area contributed by atoms with Crippen molar-refractivity contribution in [1.82, 2.24) is 0 Å². The van der Waals surface area contributed by atoms with E-state index in [1.165, 1.54) is 0 Å². The zero-order valence-corrected chi connectivity index (χ0v) is 7.52. The third kappa shape index (κ3) is 2.22. The number of rotatable bonds is 3. The summed E-state index contributed by atoms with van der Waals surface area (Å²) in [7, 11) is 0. The maximum Gasteiger partial charge on any atom is 0.457 e. The van der Waals surface area contributed by atoms with Crippen LogP contribution in [0.5, 0.6) is 0 Å². The van der Waals surface area contributed by atoms with Gasteiger partial charge < -0.3 is 0 Å². The molecule has 0 saturated carbocycles. The van der Waals surface area contributed by atoms with Crippen molar-refractivity contribution in [3.8, 4) is 0 Å². The summed E-state index contributed by atoms with van der Waals surface area (Å²) in [5.74, 6) is -6.50. The van der Waals surface area contributed by atoms with Gasteiger partial charge in [0.05, 0.1) is 0 Å². The van der Waals surface area contributed by atoms with Gasteiger partial charge >= 0.3 is 18.3 Å². The van der Waals surface area contributed by atoms with Gasteiger partial charge in [0.25, 0.3) is 5.67 Å². The normalized spacial score (nSPS) is 18.4. The molecule has 0 N–H and O–H groups in total. The van der Waals surface area contributed by atoms with Crippen LogP contribution >= 0.6 is 0 Å². The lowest BCUT2D eigenvalue weighted by molar-refractivity contribution is -0.384. The molecular weight excluding hydrogens is 255 g/mol. The molecule has 0 aliphatic heterocycles. The summed E-state index contributed by atoms with van der Waals surface area (Å²) in [5, 5.41) is 0. The first-order chi connectivity index (χ1) is 6.81. The summed E-state index contributed by atoms with van der Waals surface area (Å²) >= 11 is 0. The summed E-state index contributed by atoms with van der Waals surface area (Å²) in [6.07, 6.45) is -16.1. The Morgan fingerprint density at radius 2 is 1.06 bits per heavy atom. The summed E-state index contributed by atoms with van der Waals surface area (Å²) in [6.45, 7) is 2.64. The molecule has 0 aliphatic carbocycles. The highest BCUT2D eigenvalue weighted by Crippen LogP contribution is 2.54. The predicted molar refractivity (Wildman–Crippen MR) is 35.5 cm³/mol. The van der Waals surface area contributed by atoms with E-state index in [0.29, 0.717) is 0 Å². The van der Waals surface area contributed by atoms with E-state index >= 15 is 0 Å². The maximum absolute atomic E-state index is 12.9. The average molecular weight is 261 g/mol. The summed E-state index contributed by atoms with van der Waals surface area (Å²) in [4.78, 5) is 0. The molecule has 1 radical (unpaired) electrons. The van der Waals surface area contributed by atoms with Gasteiger partial charge in [-0.25, -0.2) is 4.39 Å². The molecule has 0 nitrogen and oxygen atoms in total. The summed E-state index contributed by atoms with van der Waals surface area (Å²) in [5.41, 5.74) is -5.65. The van der Waals surface area contributed by atoms with Gasteiger partial charge in [0.2, 0.25) is 0 Å². The molecule has 0 fully saturated rings. The smallest absolute Gasteiger partial charge is 0.227 e. The Morgan fingerprint density at radius 1 is 0.688 bits per heavy atom. The van der Waals surface area contributed by atoms with Crippen molar-refractivity contribution in [2.24, 2.45) is 0 Å². The van der Waals surface area contributed by atoms with Crippen molar-refractivity contribution in [2.45, 2.75) is 36.8 Å². The molecule has 0 heterocycles. The molecule has 0 aromatic rings. The van der Waals surface area contributed by atoms with Crippen LogP contribution in [0.25, 0.3) is 0 Å². The molecule has 1 atom stereocenters. The van der Waals surface area contributed by atoms with Crippen molar-refractivity contribution < 1.29 is 39.5 Å². The number of hydrogen-bond acceptors (Lipinski definition) is 0. The molecule has 0 aromatic carbocycles. The van der Waals surface area contributed by atoms with Crippen molar-refractivity contribution in [3.63, 3.8) is 0 Å². The Bertz CT molecular complexity index is 237. The molecule has 0 spiro atoms. The van der Waals surface area contributed by atoms with Crippen LogP contribution < -0.4 is 0 Å². The van der Waals surface area contributed by atoms with Gasteiger partial charge in [-0.05, 0) is 12.8 Å². The molecule has 9 heteroatoms. The number of hydrogen-bond donors (Lipinski definition) is 0. The Labute approximate surface area is 84.4 Å². The Morgan fingerprint density at radius 3 is 1.25 bits per heavy atom. The van der Waals surface area contributed by atoms with Crippen LogP contribution in [-0.4, -0.2) is 23.9 Å². The summed E-state index contributed by atoms with van der Waals surface area (Å²) in [6, 6.07) is 0. The molecule has 16 heavy (non-hydrogen) atoms. The second kappa shape index (κ2) is 3.99. The van der Waals surface area contributed by atoms with Crippen LogP contribution in [0.2, 0.25) is 0 Å². The fourth-order valence-electron chi connectivity index (χ4n) is 0.945. The second-order valence-corrected chi connectivity index (χ2v) is 2.97. The van der Waals surface area contributed by atoms with Gasteiger partial charge in [-0.15, -0.1) is 0 Å². The van der Waals surface area contributed by atoms with Crippen molar-refractivity contribution in [2.75, 3.05) is 0 Å². The number of halogens is 9. The standard InChI is InChI=1S/C7H6F9/c1-2-3-4(8,6(11,12)13)5(9,10)7(14,15)16/h1-3H2. The first-order valence-corrected chi connectivity index (χ1v) is 3.80. The Balaban J connectivity index is 5.54. The van der Waals surface area contributed by atoms with Crippen LogP contribution in [0, 0.1) is 6.92 Å². The summed E-state index contributed by atoms with van der Waals surface area (Å²) < 4.78 is 109. The van der Waals surface area contributed by atoms with Crippen LogP contribution in [0.3, 0.4) is 0 Å². The zero-order chi connectivity index (χ0) is 13.4. The third-order valence-electron chi connectivity index (χ3n) is 1.82. The van der Waals surface area contributed by atoms with Crippen LogP contribution in [0.15, 0.2) is 0 Å². The Kier molecular flexibility index (Phi) is 3.83. The van der Waals surface area contributed by atoms with E-state index in [1.807, 2.05) is 0 Å². The SMILES string of the molecule is [CH2]CCC(F)(C(F)(F)F)C(F)(F)C(F)(F)F. The molecular formula is C7H6F9. The minimum absolute atomic E-state index is 1.05. The molecule has 0 aromatic heterocycles. The van der Waals surface area contributed by atoms with E-state index in [9.17, 15) is 39.5 Å². The molecule has 0 rings (SSSR count). The average Bonchev–Trinajstić information content (AvgIpc) is 1.99. The van der Waals surface area contributed by atoms with Crippen molar-refractivity contribution in [1.29, 1.82) is 0 Å². The first-order valence-electron chi connectivity index (χ1n) is 3.80. The Hall–Kier alpha value is -0.630. The predicted octanol–water partition coefficient (Wildman–Crippen LogP) is 4.07. The third-order valence-corrected chi connectivity index (χ3v) is 1.82. The topological polar surface area (TPSA) is 0 Å². The highest BCUT2D eigenvalue weighted by Gasteiger charge is 2.80. The van der Waals surface area contributed by atoms with Gasteiger partial charge in [0, 0.05) is 0 Å². The lowest BCUT2D eigenvalue weighted by atomic mass is 9.91.